The van der Waals surface area contributed by atoms with Crippen LogP contribution >= 0.6 is 0 Å². The summed E-state index contributed by atoms with van der Waals surface area (Å²) in [5.41, 5.74) is 1.92. The van der Waals surface area contributed by atoms with Gasteiger partial charge in [0.2, 0.25) is 0 Å². The van der Waals surface area contributed by atoms with E-state index in [1.54, 1.807) is 6.92 Å². The van der Waals surface area contributed by atoms with Crippen LogP contribution in [0.25, 0.3) is 10.9 Å². The van der Waals surface area contributed by atoms with Crippen molar-refractivity contribution in [2.24, 2.45) is 5.92 Å². The molecule has 1 aliphatic heterocycles. The number of nitrogens with zero attached hydrogens (tertiary/aromatic N) is 2. The number of hydrogen-bond donors (Lipinski definition) is 1. The fourth-order valence-electron chi connectivity index (χ4n) is 3.86. The van der Waals surface area contributed by atoms with Crippen LogP contribution in [0.5, 0.6) is 0 Å². The van der Waals surface area contributed by atoms with E-state index in [9.17, 15) is 9.90 Å². The molecule has 0 saturated carbocycles. The zero-order chi connectivity index (χ0) is 17.3. The predicted molar refractivity (Wildman–Crippen MR) is 97.1 cm³/mol. The van der Waals surface area contributed by atoms with E-state index in [0.717, 1.165) is 42.4 Å². The van der Waals surface area contributed by atoms with Gasteiger partial charge in [0, 0.05) is 36.2 Å². The number of para-hydroxylation sites is 1. The summed E-state index contributed by atoms with van der Waals surface area (Å²) >= 11 is 0. The summed E-state index contributed by atoms with van der Waals surface area (Å²) in [6.45, 7) is 7.88. The normalized spacial score (nSPS) is 19.4. The van der Waals surface area contributed by atoms with Gasteiger partial charge in [-0.05, 0) is 38.2 Å². The van der Waals surface area contributed by atoms with Crippen LogP contribution in [0.2, 0.25) is 0 Å². The van der Waals surface area contributed by atoms with Gasteiger partial charge in [-0.15, -0.1) is 0 Å². The maximum absolute atomic E-state index is 13.2. The molecule has 4 nitrogen and oxygen atoms in total. The molecule has 1 aromatic carbocycles. The van der Waals surface area contributed by atoms with E-state index in [2.05, 4.69) is 24.5 Å². The first-order valence-electron chi connectivity index (χ1n) is 9.04. The maximum Gasteiger partial charge on any atom is 0.256 e. The standard InChI is InChI=1S/C20H28N2O2/c1-14(2)12-21-13-18(17-8-4-5-9-19(17)21)20(24)22-10-6-7-16(22)11-15(3)23/h4-5,8-9,13-16,23H,6-7,10-12H2,1-3H3. The van der Waals surface area contributed by atoms with Crippen molar-refractivity contribution in [3.05, 3.63) is 36.0 Å². The average Bonchev–Trinajstić information content (AvgIpc) is 3.11. The molecule has 130 valence electrons. The molecule has 0 aliphatic carbocycles. The lowest BCUT2D eigenvalue weighted by Crippen LogP contribution is -2.37. The van der Waals surface area contributed by atoms with Crippen molar-refractivity contribution >= 4 is 16.8 Å². The zero-order valence-electron chi connectivity index (χ0n) is 14.9. The van der Waals surface area contributed by atoms with E-state index in [4.69, 9.17) is 0 Å². The van der Waals surface area contributed by atoms with E-state index in [0.29, 0.717) is 12.3 Å². The minimum Gasteiger partial charge on any atom is -0.393 e. The van der Waals surface area contributed by atoms with Crippen molar-refractivity contribution in [1.29, 1.82) is 0 Å². The monoisotopic (exact) mass is 328 g/mol. The Morgan fingerprint density at radius 1 is 1.29 bits per heavy atom. The van der Waals surface area contributed by atoms with Crippen LogP contribution in [-0.4, -0.2) is 39.2 Å². The van der Waals surface area contributed by atoms with Gasteiger partial charge in [0.25, 0.3) is 5.91 Å². The molecule has 2 heterocycles. The molecule has 2 aromatic rings. The molecule has 0 radical (unpaired) electrons. The van der Waals surface area contributed by atoms with Gasteiger partial charge in [-0.2, -0.15) is 0 Å². The number of rotatable bonds is 5. The summed E-state index contributed by atoms with van der Waals surface area (Å²) in [5, 5.41) is 10.7. The number of aliphatic hydroxyl groups is 1. The molecule has 1 amide bonds. The second-order valence-corrected chi connectivity index (χ2v) is 7.49. The van der Waals surface area contributed by atoms with Crippen LogP contribution < -0.4 is 0 Å². The highest BCUT2D eigenvalue weighted by atomic mass is 16.3. The van der Waals surface area contributed by atoms with E-state index in [-0.39, 0.29) is 18.1 Å². The Labute approximate surface area is 144 Å². The largest absolute Gasteiger partial charge is 0.393 e. The molecule has 0 spiro atoms. The summed E-state index contributed by atoms with van der Waals surface area (Å²) in [6, 6.07) is 8.31. The second kappa shape index (κ2) is 6.98. The fraction of sp³-hybridized carbons (Fsp3) is 0.550. The number of carbonyl (C=O) groups is 1. The highest BCUT2D eigenvalue weighted by Gasteiger charge is 2.31. The lowest BCUT2D eigenvalue weighted by atomic mass is 10.1. The summed E-state index contributed by atoms with van der Waals surface area (Å²) in [7, 11) is 0. The first-order valence-corrected chi connectivity index (χ1v) is 9.04. The fourth-order valence-corrected chi connectivity index (χ4v) is 3.86. The highest BCUT2D eigenvalue weighted by molar-refractivity contribution is 6.07. The Bertz CT molecular complexity index is 717. The van der Waals surface area contributed by atoms with Crippen molar-refractivity contribution in [2.75, 3.05) is 6.54 Å². The lowest BCUT2D eigenvalue weighted by Gasteiger charge is -2.25. The van der Waals surface area contributed by atoms with Crippen LogP contribution in [0.15, 0.2) is 30.5 Å². The van der Waals surface area contributed by atoms with Gasteiger partial charge < -0.3 is 14.6 Å². The van der Waals surface area contributed by atoms with Gasteiger partial charge in [-0.25, -0.2) is 0 Å². The van der Waals surface area contributed by atoms with Crippen LogP contribution in [0.1, 0.15) is 50.4 Å². The van der Waals surface area contributed by atoms with Crippen molar-refractivity contribution in [2.45, 2.75) is 58.7 Å². The molecular weight excluding hydrogens is 300 g/mol. The lowest BCUT2D eigenvalue weighted by molar-refractivity contribution is 0.0683. The first-order chi connectivity index (χ1) is 11.5. The van der Waals surface area contributed by atoms with Gasteiger partial charge in [0.15, 0.2) is 0 Å². The third-order valence-electron chi connectivity index (χ3n) is 4.83. The number of amides is 1. The molecule has 1 aromatic heterocycles. The number of benzene rings is 1. The van der Waals surface area contributed by atoms with Crippen LogP contribution in [0.3, 0.4) is 0 Å². The molecular formula is C20H28N2O2. The molecule has 0 bridgehead atoms. The van der Waals surface area contributed by atoms with E-state index >= 15 is 0 Å². The van der Waals surface area contributed by atoms with Crippen molar-refractivity contribution in [1.82, 2.24) is 9.47 Å². The molecule has 1 saturated heterocycles. The number of aliphatic hydroxyl groups excluding tert-OH is 1. The van der Waals surface area contributed by atoms with Crippen LogP contribution in [-0.2, 0) is 6.54 Å². The molecule has 1 N–H and O–H groups in total. The quantitative estimate of drug-likeness (QED) is 0.910. The molecule has 4 heteroatoms. The summed E-state index contributed by atoms with van der Waals surface area (Å²) < 4.78 is 2.20. The molecule has 2 unspecified atom stereocenters. The van der Waals surface area contributed by atoms with Gasteiger partial charge in [0.05, 0.1) is 11.7 Å². The number of hydrogen-bond acceptors (Lipinski definition) is 2. The average molecular weight is 328 g/mol. The second-order valence-electron chi connectivity index (χ2n) is 7.49. The highest BCUT2D eigenvalue weighted by Crippen LogP contribution is 2.28. The SMILES string of the molecule is CC(C)Cn1cc(C(=O)N2CCCC2CC(C)O)c2ccccc21. The van der Waals surface area contributed by atoms with Crippen LogP contribution in [0.4, 0.5) is 0 Å². The molecule has 1 aliphatic rings. The Morgan fingerprint density at radius 3 is 2.75 bits per heavy atom. The van der Waals surface area contributed by atoms with Crippen LogP contribution in [0, 0.1) is 5.92 Å². The van der Waals surface area contributed by atoms with Gasteiger partial charge in [0.1, 0.15) is 0 Å². The minimum absolute atomic E-state index is 0.108. The Kier molecular flexibility index (Phi) is 4.95. The molecule has 2 atom stereocenters. The van der Waals surface area contributed by atoms with Gasteiger partial charge in [-0.1, -0.05) is 32.0 Å². The van der Waals surface area contributed by atoms with Gasteiger partial charge in [-0.3, -0.25) is 4.79 Å². The number of aromatic nitrogens is 1. The topological polar surface area (TPSA) is 45.5 Å². The third kappa shape index (κ3) is 3.34. The number of carbonyl (C=O) groups excluding carboxylic acids is 1. The predicted octanol–water partition coefficient (Wildman–Crippen LogP) is 3.67. The summed E-state index contributed by atoms with van der Waals surface area (Å²) in [4.78, 5) is 15.1. The molecule has 24 heavy (non-hydrogen) atoms. The van der Waals surface area contributed by atoms with Crippen molar-refractivity contribution in [3.8, 4) is 0 Å². The van der Waals surface area contributed by atoms with Crippen molar-refractivity contribution < 1.29 is 9.90 Å². The van der Waals surface area contributed by atoms with E-state index in [1.165, 1.54) is 0 Å². The Balaban J connectivity index is 1.95. The van der Waals surface area contributed by atoms with Gasteiger partial charge >= 0.3 is 0 Å². The van der Waals surface area contributed by atoms with E-state index < -0.39 is 0 Å². The smallest absolute Gasteiger partial charge is 0.256 e. The Hall–Kier alpha value is -1.81. The molecule has 3 rings (SSSR count). The Morgan fingerprint density at radius 2 is 2.04 bits per heavy atom. The number of likely N-dealkylation sites (tertiary alicyclic amines) is 1. The number of fused-ring (bicyclic) bond motifs is 1. The maximum atomic E-state index is 13.2. The van der Waals surface area contributed by atoms with Crippen molar-refractivity contribution in [3.63, 3.8) is 0 Å². The first kappa shape index (κ1) is 17.0. The summed E-state index contributed by atoms with van der Waals surface area (Å²) in [5.74, 6) is 0.635. The summed E-state index contributed by atoms with van der Waals surface area (Å²) in [6.07, 6.45) is 4.32. The third-order valence-corrected chi connectivity index (χ3v) is 4.83. The minimum atomic E-state index is -0.370. The molecule has 1 fully saturated rings. The van der Waals surface area contributed by atoms with E-state index in [1.807, 2.05) is 29.3 Å². The zero-order valence-corrected chi connectivity index (χ0v) is 14.9.